The SMILES string of the molecule is CS(=O)(=O)NC[C@H]1CN(c2cc(F)c(N3CCSCC3)c(F)c2)C(=O)O1. The summed E-state index contributed by atoms with van der Waals surface area (Å²) in [5.41, 5.74) is -0.0427. The first-order valence-electron chi connectivity index (χ1n) is 7.99. The van der Waals surface area contributed by atoms with Crippen LogP contribution in [0.25, 0.3) is 0 Å². The van der Waals surface area contributed by atoms with Crippen LogP contribution in [0, 0.1) is 11.6 Å². The lowest BCUT2D eigenvalue weighted by molar-refractivity contribution is 0.143. The molecule has 0 unspecified atom stereocenters. The monoisotopic (exact) mass is 407 g/mol. The molecule has 7 nitrogen and oxygen atoms in total. The molecule has 144 valence electrons. The van der Waals surface area contributed by atoms with E-state index in [1.165, 1.54) is 0 Å². The van der Waals surface area contributed by atoms with Gasteiger partial charge in [-0.3, -0.25) is 4.90 Å². The van der Waals surface area contributed by atoms with Crippen molar-refractivity contribution in [2.45, 2.75) is 6.10 Å². The van der Waals surface area contributed by atoms with Gasteiger partial charge in [0.2, 0.25) is 10.0 Å². The van der Waals surface area contributed by atoms with Gasteiger partial charge in [-0.15, -0.1) is 0 Å². The molecular formula is C15H19F2N3O4S2. The maximum Gasteiger partial charge on any atom is 0.414 e. The van der Waals surface area contributed by atoms with Crippen molar-refractivity contribution in [2.24, 2.45) is 0 Å². The van der Waals surface area contributed by atoms with Crippen molar-refractivity contribution in [3.8, 4) is 0 Å². The minimum Gasteiger partial charge on any atom is -0.443 e. The summed E-state index contributed by atoms with van der Waals surface area (Å²) in [4.78, 5) is 14.7. The van der Waals surface area contributed by atoms with E-state index in [2.05, 4.69) is 4.72 Å². The van der Waals surface area contributed by atoms with Crippen molar-refractivity contribution in [2.75, 3.05) is 53.7 Å². The minimum absolute atomic E-state index is 0.0000652. The first kappa shape index (κ1) is 19.2. The standard InChI is InChI=1S/C15H19F2N3O4S2/c1-26(22,23)18-8-11-9-20(15(21)24-11)10-6-12(16)14(13(17)7-10)19-2-4-25-5-3-19/h6-7,11,18H,2-5,8-9H2,1H3/t11-/m0/s1. The summed E-state index contributed by atoms with van der Waals surface area (Å²) in [6, 6.07) is 2.21. The Morgan fingerprint density at radius 3 is 2.46 bits per heavy atom. The highest BCUT2D eigenvalue weighted by molar-refractivity contribution is 7.99. The van der Waals surface area contributed by atoms with Gasteiger partial charge in [0.1, 0.15) is 11.8 Å². The van der Waals surface area contributed by atoms with Crippen LogP contribution in [0.5, 0.6) is 0 Å². The molecule has 2 aliphatic rings. The van der Waals surface area contributed by atoms with Gasteiger partial charge in [-0.1, -0.05) is 0 Å². The third-order valence-corrected chi connectivity index (χ3v) is 5.72. The van der Waals surface area contributed by atoms with Gasteiger partial charge in [0.15, 0.2) is 11.6 Å². The lowest BCUT2D eigenvalue weighted by Crippen LogP contribution is -2.34. The van der Waals surface area contributed by atoms with Gasteiger partial charge in [0, 0.05) is 43.3 Å². The molecule has 1 aromatic carbocycles. The number of halogens is 2. The Balaban J connectivity index is 1.76. The van der Waals surface area contributed by atoms with Gasteiger partial charge in [0.05, 0.1) is 18.5 Å². The summed E-state index contributed by atoms with van der Waals surface area (Å²) in [6.45, 7) is 1.02. The number of carbonyl (C=O) groups is 1. The molecule has 0 spiro atoms. The first-order valence-corrected chi connectivity index (χ1v) is 11.0. The summed E-state index contributed by atoms with van der Waals surface area (Å²) in [5.74, 6) is 0.122. The van der Waals surface area contributed by atoms with E-state index in [0.29, 0.717) is 13.1 Å². The zero-order valence-electron chi connectivity index (χ0n) is 14.1. The van der Waals surface area contributed by atoms with Crippen LogP contribution in [0.15, 0.2) is 12.1 Å². The summed E-state index contributed by atoms with van der Waals surface area (Å²) >= 11 is 1.73. The lowest BCUT2D eigenvalue weighted by Gasteiger charge is -2.29. The molecule has 2 aliphatic heterocycles. The number of sulfonamides is 1. The van der Waals surface area contributed by atoms with Gasteiger partial charge in [0.25, 0.3) is 0 Å². The predicted molar refractivity (Wildman–Crippen MR) is 96.4 cm³/mol. The number of ether oxygens (including phenoxy) is 1. The van der Waals surface area contributed by atoms with E-state index in [-0.39, 0.29) is 24.5 Å². The molecule has 3 rings (SSSR count). The second kappa shape index (κ2) is 7.57. The Hall–Kier alpha value is -1.59. The normalized spacial score (nSPS) is 21.2. The Labute approximate surface area is 154 Å². The Morgan fingerprint density at radius 2 is 1.88 bits per heavy atom. The molecule has 0 saturated carbocycles. The second-order valence-electron chi connectivity index (χ2n) is 6.09. The first-order chi connectivity index (χ1) is 12.2. The molecule has 2 fully saturated rings. The number of cyclic esters (lactones) is 1. The van der Waals surface area contributed by atoms with Gasteiger partial charge in [-0.05, 0) is 0 Å². The van der Waals surface area contributed by atoms with Gasteiger partial charge < -0.3 is 9.64 Å². The number of nitrogens with zero attached hydrogens (tertiary/aromatic N) is 2. The molecule has 1 atom stereocenters. The van der Waals surface area contributed by atoms with Crippen molar-refractivity contribution < 1.29 is 26.7 Å². The van der Waals surface area contributed by atoms with Crippen LogP contribution in [0.4, 0.5) is 25.0 Å². The van der Waals surface area contributed by atoms with Gasteiger partial charge >= 0.3 is 6.09 Å². The van der Waals surface area contributed by atoms with Gasteiger partial charge in [-0.2, -0.15) is 11.8 Å². The summed E-state index contributed by atoms with van der Waals surface area (Å²) < 4.78 is 58.6. The highest BCUT2D eigenvalue weighted by atomic mass is 32.2. The molecule has 2 saturated heterocycles. The molecule has 0 radical (unpaired) electrons. The summed E-state index contributed by atoms with van der Waals surface area (Å²) in [5, 5.41) is 0. The van der Waals surface area contributed by atoms with E-state index < -0.39 is 33.9 Å². The number of rotatable bonds is 5. The maximum absolute atomic E-state index is 14.5. The van der Waals surface area contributed by atoms with E-state index in [4.69, 9.17) is 4.74 Å². The van der Waals surface area contributed by atoms with E-state index in [1.54, 1.807) is 16.7 Å². The van der Waals surface area contributed by atoms with Gasteiger partial charge in [-0.25, -0.2) is 26.7 Å². The fourth-order valence-corrected chi connectivity index (χ4v) is 4.27. The van der Waals surface area contributed by atoms with E-state index in [9.17, 15) is 22.0 Å². The van der Waals surface area contributed by atoms with Crippen molar-refractivity contribution in [3.05, 3.63) is 23.8 Å². The highest BCUT2D eigenvalue weighted by Crippen LogP contribution is 2.32. The van der Waals surface area contributed by atoms with E-state index >= 15 is 0 Å². The van der Waals surface area contributed by atoms with Crippen molar-refractivity contribution in [1.29, 1.82) is 0 Å². The van der Waals surface area contributed by atoms with E-state index in [0.717, 1.165) is 34.8 Å². The maximum atomic E-state index is 14.5. The molecule has 11 heteroatoms. The summed E-state index contributed by atoms with van der Waals surface area (Å²) in [6.07, 6.45) is -0.516. The smallest absolute Gasteiger partial charge is 0.414 e. The lowest BCUT2D eigenvalue weighted by atomic mass is 10.2. The van der Waals surface area contributed by atoms with Crippen LogP contribution in [0.1, 0.15) is 0 Å². The number of nitrogens with one attached hydrogen (secondary N) is 1. The molecule has 0 aromatic heterocycles. The number of benzene rings is 1. The van der Waals surface area contributed by atoms with E-state index in [1.807, 2.05) is 0 Å². The van der Waals surface area contributed by atoms with Crippen molar-refractivity contribution in [3.63, 3.8) is 0 Å². The molecule has 26 heavy (non-hydrogen) atoms. The highest BCUT2D eigenvalue weighted by Gasteiger charge is 2.34. The third kappa shape index (κ3) is 4.38. The molecule has 0 bridgehead atoms. The van der Waals surface area contributed by atoms with Crippen molar-refractivity contribution in [1.82, 2.24) is 4.72 Å². The second-order valence-corrected chi connectivity index (χ2v) is 9.15. The number of thioether (sulfide) groups is 1. The zero-order chi connectivity index (χ0) is 18.9. The molecule has 2 heterocycles. The molecule has 0 aliphatic carbocycles. The largest absolute Gasteiger partial charge is 0.443 e. The minimum atomic E-state index is -3.43. The van der Waals surface area contributed by atoms with Crippen molar-refractivity contribution >= 4 is 39.3 Å². The van der Waals surface area contributed by atoms with Crippen LogP contribution in [0.2, 0.25) is 0 Å². The average Bonchev–Trinajstić information content (AvgIpc) is 2.94. The number of amides is 1. The topological polar surface area (TPSA) is 79.0 Å². The average molecular weight is 407 g/mol. The predicted octanol–water partition coefficient (Wildman–Crippen LogP) is 1.39. The molecule has 1 aromatic rings. The molecule has 1 amide bonds. The quantitative estimate of drug-likeness (QED) is 0.795. The number of carbonyl (C=O) groups excluding carboxylic acids is 1. The third-order valence-electron chi connectivity index (χ3n) is 4.09. The van der Waals surface area contributed by atoms with Crippen LogP contribution in [-0.4, -0.2) is 64.6 Å². The number of anilines is 2. The fraction of sp³-hybridized carbons (Fsp3) is 0.533. The van der Waals surface area contributed by atoms with Crippen LogP contribution >= 0.6 is 11.8 Å². The van der Waals surface area contributed by atoms with Crippen LogP contribution in [0.3, 0.4) is 0 Å². The summed E-state index contributed by atoms with van der Waals surface area (Å²) in [7, 11) is -3.43. The van der Waals surface area contributed by atoms with Crippen LogP contribution < -0.4 is 14.5 Å². The fourth-order valence-electron chi connectivity index (χ4n) is 2.88. The Bertz CT molecular complexity index is 777. The Morgan fingerprint density at radius 1 is 1.27 bits per heavy atom. The number of hydrogen-bond acceptors (Lipinski definition) is 6. The Kier molecular flexibility index (Phi) is 5.58. The zero-order valence-corrected chi connectivity index (χ0v) is 15.7. The molecular weight excluding hydrogens is 388 g/mol. The van der Waals surface area contributed by atoms with Crippen LogP contribution in [-0.2, 0) is 14.8 Å². The number of hydrogen-bond donors (Lipinski definition) is 1. The molecule has 1 N–H and O–H groups in total.